The lowest BCUT2D eigenvalue weighted by Gasteiger charge is -2.20. The van der Waals surface area contributed by atoms with Gasteiger partial charge < -0.3 is 15.8 Å². The van der Waals surface area contributed by atoms with Gasteiger partial charge in [-0.25, -0.2) is 8.78 Å². The summed E-state index contributed by atoms with van der Waals surface area (Å²) in [7, 11) is 0. The second-order valence-corrected chi connectivity index (χ2v) is 4.78. The molecule has 0 saturated heterocycles. The molecule has 98 valence electrons. The summed E-state index contributed by atoms with van der Waals surface area (Å²) in [6, 6.07) is 3.52. The molecule has 18 heavy (non-hydrogen) atoms. The van der Waals surface area contributed by atoms with E-state index in [1.165, 1.54) is 6.07 Å². The molecule has 0 spiro atoms. The van der Waals surface area contributed by atoms with Gasteiger partial charge in [0.15, 0.2) is 11.6 Å². The van der Waals surface area contributed by atoms with Crippen LogP contribution in [0, 0.1) is 17.0 Å². The van der Waals surface area contributed by atoms with Crippen molar-refractivity contribution in [3.05, 3.63) is 41.7 Å². The average molecular weight is 254 g/mol. The number of halogens is 2. The second-order valence-electron chi connectivity index (χ2n) is 4.78. The number of hydrogen-bond acceptors (Lipinski definition) is 3. The van der Waals surface area contributed by atoms with Crippen molar-refractivity contribution in [1.82, 2.24) is 5.32 Å². The maximum Gasteiger partial charge on any atom is 0.162 e. The summed E-state index contributed by atoms with van der Waals surface area (Å²) in [6.07, 6.45) is 2.71. The maximum atomic E-state index is 12.9. The lowest BCUT2D eigenvalue weighted by Crippen LogP contribution is -2.24. The third-order valence-corrected chi connectivity index (χ3v) is 3.03. The van der Waals surface area contributed by atoms with Crippen molar-refractivity contribution in [2.75, 3.05) is 13.2 Å². The van der Waals surface area contributed by atoms with Gasteiger partial charge >= 0.3 is 0 Å². The Morgan fingerprint density at radius 3 is 2.78 bits per heavy atom. The highest BCUT2D eigenvalue weighted by atomic mass is 19.2. The Morgan fingerprint density at radius 1 is 1.39 bits per heavy atom. The van der Waals surface area contributed by atoms with Crippen LogP contribution in [0.2, 0.25) is 0 Å². The Balaban J connectivity index is 1.87. The molecule has 0 aliphatic carbocycles. The summed E-state index contributed by atoms with van der Waals surface area (Å²) in [5.74, 6) is -0.763. The Hall–Kier alpha value is -1.78. The van der Waals surface area contributed by atoms with Gasteiger partial charge in [-0.15, -0.1) is 0 Å². The smallest absolute Gasteiger partial charge is 0.162 e. The molecule has 1 aliphatic rings. The van der Waals surface area contributed by atoms with E-state index in [1.54, 1.807) is 0 Å². The predicted octanol–water partition coefficient (Wildman–Crippen LogP) is 2.14. The van der Waals surface area contributed by atoms with Gasteiger partial charge in [0.2, 0.25) is 0 Å². The zero-order chi connectivity index (χ0) is 13.2. The summed E-state index contributed by atoms with van der Waals surface area (Å²) < 4.78 is 31.1. The average Bonchev–Trinajstić information content (AvgIpc) is 2.64. The standard InChI is InChI=1S/C13H16F2N2O/c1-13(7-12(16)17-8-13)4-5-18-9-2-3-10(14)11(15)6-9/h2-3,6-7,17H,4-5,8,16H2,1H3. The zero-order valence-corrected chi connectivity index (χ0v) is 10.2. The van der Waals surface area contributed by atoms with Crippen LogP contribution in [0.15, 0.2) is 30.1 Å². The fraction of sp³-hybridized carbons (Fsp3) is 0.385. The van der Waals surface area contributed by atoms with E-state index >= 15 is 0 Å². The Kier molecular flexibility index (Phi) is 3.41. The van der Waals surface area contributed by atoms with Crippen LogP contribution in [-0.4, -0.2) is 13.2 Å². The molecule has 0 bridgehead atoms. The topological polar surface area (TPSA) is 47.3 Å². The van der Waals surface area contributed by atoms with E-state index in [0.717, 1.165) is 25.1 Å². The van der Waals surface area contributed by atoms with Gasteiger partial charge in [0, 0.05) is 18.0 Å². The Bertz CT molecular complexity index is 476. The molecular weight excluding hydrogens is 238 g/mol. The molecule has 1 aromatic carbocycles. The predicted molar refractivity (Wildman–Crippen MR) is 64.9 cm³/mol. The van der Waals surface area contributed by atoms with Crippen LogP contribution in [0.1, 0.15) is 13.3 Å². The molecule has 0 amide bonds. The van der Waals surface area contributed by atoms with E-state index in [1.807, 2.05) is 6.08 Å². The largest absolute Gasteiger partial charge is 0.493 e. The number of rotatable bonds is 4. The number of ether oxygens (including phenoxy) is 1. The highest BCUT2D eigenvalue weighted by molar-refractivity contribution is 5.23. The summed E-state index contributed by atoms with van der Waals surface area (Å²) in [5, 5.41) is 3.05. The third-order valence-electron chi connectivity index (χ3n) is 3.03. The van der Waals surface area contributed by atoms with E-state index in [0.29, 0.717) is 18.2 Å². The minimum atomic E-state index is -0.898. The van der Waals surface area contributed by atoms with E-state index in [4.69, 9.17) is 10.5 Å². The third kappa shape index (κ3) is 2.91. The molecule has 1 aromatic rings. The van der Waals surface area contributed by atoms with Gasteiger partial charge in [-0.05, 0) is 24.6 Å². The van der Waals surface area contributed by atoms with Crippen molar-refractivity contribution in [1.29, 1.82) is 0 Å². The summed E-state index contributed by atoms with van der Waals surface area (Å²) in [4.78, 5) is 0. The van der Waals surface area contributed by atoms with Crippen LogP contribution in [0.5, 0.6) is 5.75 Å². The quantitative estimate of drug-likeness (QED) is 0.865. The molecule has 5 heteroatoms. The molecular formula is C13H16F2N2O. The number of benzene rings is 1. The van der Waals surface area contributed by atoms with Gasteiger partial charge in [-0.1, -0.05) is 6.92 Å². The normalized spacial score (nSPS) is 22.5. The lowest BCUT2D eigenvalue weighted by molar-refractivity contribution is 0.253. The zero-order valence-electron chi connectivity index (χ0n) is 10.2. The van der Waals surface area contributed by atoms with Crippen molar-refractivity contribution < 1.29 is 13.5 Å². The van der Waals surface area contributed by atoms with Crippen LogP contribution in [-0.2, 0) is 0 Å². The fourth-order valence-corrected chi connectivity index (χ4v) is 1.91. The van der Waals surface area contributed by atoms with Crippen LogP contribution in [0.25, 0.3) is 0 Å². The summed E-state index contributed by atoms with van der Waals surface area (Å²) in [5.41, 5.74) is 5.59. The lowest BCUT2D eigenvalue weighted by atomic mass is 9.89. The highest BCUT2D eigenvalue weighted by Crippen LogP contribution is 2.27. The van der Waals surface area contributed by atoms with Crippen LogP contribution in [0.3, 0.4) is 0 Å². The summed E-state index contributed by atoms with van der Waals surface area (Å²) in [6.45, 7) is 3.25. The first-order valence-electron chi connectivity index (χ1n) is 5.79. The molecule has 1 atom stereocenters. The molecule has 3 nitrogen and oxygen atoms in total. The van der Waals surface area contributed by atoms with E-state index in [-0.39, 0.29) is 5.41 Å². The monoisotopic (exact) mass is 254 g/mol. The number of hydrogen-bond donors (Lipinski definition) is 2. The fourth-order valence-electron chi connectivity index (χ4n) is 1.91. The van der Waals surface area contributed by atoms with Crippen LogP contribution >= 0.6 is 0 Å². The minimum absolute atomic E-state index is 0.0529. The maximum absolute atomic E-state index is 12.9. The van der Waals surface area contributed by atoms with E-state index in [9.17, 15) is 8.78 Å². The molecule has 0 aromatic heterocycles. The van der Waals surface area contributed by atoms with Gasteiger partial charge in [0.05, 0.1) is 12.4 Å². The second kappa shape index (κ2) is 4.84. The first kappa shape index (κ1) is 12.7. The van der Waals surface area contributed by atoms with Gasteiger partial charge in [0.1, 0.15) is 5.75 Å². The van der Waals surface area contributed by atoms with Crippen molar-refractivity contribution in [3.8, 4) is 5.75 Å². The Morgan fingerprint density at radius 2 is 2.17 bits per heavy atom. The van der Waals surface area contributed by atoms with Crippen LogP contribution < -0.4 is 15.8 Å². The molecule has 3 N–H and O–H groups in total. The summed E-state index contributed by atoms with van der Waals surface area (Å²) >= 11 is 0. The molecule has 1 unspecified atom stereocenters. The van der Waals surface area contributed by atoms with Crippen molar-refractivity contribution >= 4 is 0 Å². The number of nitrogens with two attached hydrogens (primary N) is 1. The molecule has 1 aliphatic heterocycles. The molecule has 0 radical (unpaired) electrons. The molecule has 0 fully saturated rings. The molecule has 0 saturated carbocycles. The SMILES string of the molecule is CC1(CCOc2ccc(F)c(F)c2)C=C(N)NC1. The Labute approximate surface area is 105 Å². The molecule has 1 heterocycles. The van der Waals surface area contributed by atoms with E-state index in [2.05, 4.69) is 12.2 Å². The molecule has 2 rings (SSSR count). The van der Waals surface area contributed by atoms with Gasteiger partial charge in [0.25, 0.3) is 0 Å². The van der Waals surface area contributed by atoms with Gasteiger partial charge in [-0.3, -0.25) is 0 Å². The number of nitrogens with one attached hydrogen (secondary N) is 1. The van der Waals surface area contributed by atoms with Crippen molar-refractivity contribution in [2.24, 2.45) is 11.1 Å². The first-order valence-corrected chi connectivity index (χ1v) is 5.79. The van der Waals surface area contributed by atoms with Crippen molar-refractivity contribution in [3.63, 3.8) is 0 Å². The first-order chi connectivity index (χ1) is 8.48. The minimum Gasteiger partial charge on any atom is -0.493 e. The van der Waals surface area contributed by atoms with Gasteiger partial charge in [-0.2, -0.15) is 0 Å². The van der Waals surface area contributed by atoms with Crippen molar-refractivity contribution in [2.45, 2.75) is 13.3 Å². The van der Waals surface area contributed by atoms with E-state index < -0.39 is 11.6 Å². The van der Waals surface area contributed by atoms with Crippen LogP contribution in [0.4, 0.5) is 8.78 Å². The highest BCUT2D eigenvalue weighted by Gasteiger charge is 2.26.